The van der Waals surface area contributed by atoms with Gasteiger partial charge < -0.3 is 19.7 Å². The van der Waals surface area contributed by atoms with Crippen LogP contribution >= 0.6 is 0 Å². The van der Waals surface area contributed by atoms with Crippen LogP contribution in [0.25, 0.3) is 11.1 Å². The molecule has 7 nitrogen and oxygen atoms in total. The number of aromatic nitrogens is 2. The molecule has 2 fully saturated rings. The van der Waals surface area contributed by atoms with E-state index in [1.54, 1.807) is 12.4 Å². The Labute approximate surface area is 193 Å². The molecular weight excluding hydrogens is 416 g/mol. The Hall–Kier alpha value is -3.45. The van der Waals surface area contributed by atoms with E-state index in [1.165, 1.54) is 0 Å². The van der Waals surface area contributed by atoms with E-state index in [4.69, 9.17) is 9.47 Å². The highest BCUT2D eigenvalue weighted by Gasteiger charge is 2.32. The molecule has 1 N–H and O–H groups in total. The van der Waals surface area contributed by atoms with Gasteiger partial charge in [-0.05, 0) is 53.3 Å². The molecule has 5 rings (SSSR count). The minimum atomic E-state index is -0.0484. The third kappa shape index (κ3) is 5.68. The van der Waals surface area contributed by atoms with Crippen molar-refractivity contribution in [2.45, 2.75) is 44.5 Å². The number of amides is 2. The van der Waals surface area contributed by atoms with Crippen LogP contribution in [0.3, 0.4) is 0 Å². The highest BCUT2D eigenvalue weighted by molar-refractivity contribution is 5.75. The molecule has 1 atom stereocenters. The van der Waals surface area contributed by atoms with Gasteiger partial charge in [0.2, 0.25) is 5.88 Å². The molecule has 1 saturated carbocycles. The van der Waals surface area contributed by atoms with Crippen LogP contribution in [0.2, 0.25) is 0 Å². The predicted molar refractivity (Wildman–Crippen MR) is 125 cm³/mol. The zero-order valence-corrected chi connectivity index (χ0v) is 18.5. The summed E-state index contributed by atoms with van der Waals surface area (Å²) in [5.41, 5.74) is 4.24. The normalized spacial score (nSPS) is 17.5. The molecule has 1 aliphatic carbocycles. The Bertz CT molecular complexity index is 1080. The molecule has 2 amide bonds. The fourth-order valence-electron chi connectivity index (χ4n) is 4.01. The molecule has 1 unspecified atom stereocenters. The lowest BCUT2D eigenvalue weighted by atomic mass is 10.0. The number of nitrogens with one attached hydrogen (secondary N) is 1. The average Bonchev–Trinajstić information content (AvgIpc) is 3.58. The molecule has 0 bridgehead atoms. The Balaban J connectivity index is 1.21. The number of nitrogens with zero attached hydrogens (tertiary/aromatic N) is 3. The molecule has 7 heteroatoms. The first kappa shape index (κ1) is 21.4. The van der Waals surface area contributed by atoms with E-state index in [9.17, 15) is 4.79 Å². The molecule has 1 aliphatic heterocycles. The zero-order valence-electron chi connectivity index (χ0n) is 18.5. The summed E-state index contributed by atoms with van der Waals surface area (Å²) in [5.74, 6) is 0.573. The summed E-state index contributed by atoms with van der Waals surface area (Å²) in [6.45, 7) is 2.33. The molecule has 2 aromatic heterocycles. The number of ether oxygens (including phenoxy) is 2. The van der Waals surface area contributed by atoms with Gasteiger partial charge in [-0.2, -0.15) is 0 Å². The maximum Gasteiger partial charge on any atom is 0.318 e. The van der Waals surface area contributed by atoms with Gasteiger partial charge in [0, 0.05) is 50.2 Å². The van der Waals surface area contributed by atoms with Crippen LogP contribution in [0.4, 0.5) is 4.79 Å². The second-order valence-corrected chi connectivity index (χ2v) is 8.57. The van der Waals surface area contributed by atoms with Gasteiger partial charge in [0.05, 0.1) is 13.2 Å². The predicted octanol–water partition coefficient (Wildman–Crippen LogP) is 4.19. The van der Waals surface area contributed by atoms with Crippen LogP contribution in [0.15, 0.2) is 67.1 Å². The monoisotopic (exact) mass is 444 g/mol. The second-order valence-electron chi connectivity index (χ2n) is 8.57. The number of urea groups is 1. The number of carbonyl (C=O) groups is 1. The van der Waals surface area contributed by atoms with Crippen molar-refractivity contribution in [3.8, 4) is 17.0 Å². The molecule has 1 saturated heterocycles. The smallest absolute Gasteiger partial charge is 0.318 e. The first-order valence-electron chi connectivity index (χ1n) is 11.5. The molecule has 33 heavy (non-hydrogen) atoms. The zero-order chi connectivity index (χ0) is 22.5. The standard InChI is InChI=1S/C26H28N4O3/c31-26(29-15-19-8-11-28-25(14-19)33-24-9-12-32-18-24)30(23-6-7-23)17-20-3-1-4-21(13-20)22-5-2-10-27-16-22/h1-5,8,10-11,13-14,16,23-24H,6-7,9,12,15,17-18H2,(H,29,31). The molecule has 3 aromatic rings. The summed E-state index contributed by atoms with van der Waals surface area (Å²) in [6.07, 6.45) is 8.37. The van der Waals surface area contributed by atoms with Crippen molar-refractivity contribution in [1.29, 1.82) is 0 Å². The molecule has 1 aromatic carbocycles. The third-order valence-corrected chi connectivity index (χ3v) is 5.94. The highest BCUT2D eigenvalue weighted by Crippen LogP contribution is 2.29. The lowest BCUT2D eigenvalue weighted by Gasteiger charge is -2.23. The van der Waals surface area contributed by atoms with E-state index in [1.807, 2.05) is 41.4 Å². The first-order valence-corrected chi connectivity index (χ1v) is 11.5. The van der Waals surface area contributed by atoms with Crippen LogP contribution < -0.4 is 10.1 Å². The second kappa shape index (κ2) is 10.0. The van der Waals surface area contributed by atoms with Gasteiger partial charge in [-0.1, -0.05) is 24.3 Å². The Kier molecular flexibility index (Phi) is 6.48. The maximum absolute atomic E-state index is 13.1. The summed E-state index contributed by atoms with van der Waals surface area (Å²) in [4.78, 5) is 23.5. The minimum absolute atomic E-state index is 0.0484. The van der Waals surface area contributed by atoms with Crippen molar-refractivity contribution < 1.29 is 14.3 Å². The summed E-state index contributed by atoms with van der Waals surface area (Å²) < 4.78 is 11.2. The van der Waals surface area contributed by atoms with E-state index in [2.05, 4.69) is 33.5 Å². The van der Waals surface area contributed by atoms with Gasteiger partial charge in [-0.15, -0.1) is 0 Å². The summed E-state index contributed by atoms with van der Waals surface area (Å²) in [6, 6.07) is 16.3. The van der Waals surface area contributed by atoms with E-state index in [-0.39, 0.29) is 12.1 Å². The SMILES string of the molecule is O=C(NCc1ccnc(OC2CCOC2)c1)N(Cc1cccc(-c2cccnc2)c1)C1CC1. The number of hydrogen-bond donors (Lipinski definition) is 1. The van der Waals surface area contributed by atoms with Gasteiger partial charge in [-0.3, -0.25) is 4.98 Å². The largest absolute Gasteiger partial charge is 0.472 e. The van der Waals surface area contributed by atoms with Crippen LogP contribution in [-0.2, 0) is 17.8 Å². The summed E-state index contributed by atoms with van der Waals surface area (Å²) in [7, 11) is 0. The van der Waals surface area contributed by atoms with Crippen molar-refractivity contribution in [3.63, 3.8) is 0 Å². The van der Waals surface area contributed by atoms with Gasteiger partial charge >= 0.3 is 6.03 Å². The fourth-order valence-corrected chi connectivity index (χ4v) is 4.01. The van der Waals surface area contributed by atoms with Gasteiger partial charge in [-0.25, -0.2) is 9.78 Å². The quantitative estimate of drug-likeness (QED) is 0.564. The average molecular weight is 445 g/mol. The topological polar surface area (TPSA) is 76.6 Å². The van der Waals surface area contributed by atoms with Crippen LogP contribution in [0, 0.1) is 0 Å². The molecule has 3 heterocycles. The minimum Gasteiger partial charge on any atom is -0.472 e. The van der Waals surface area contributed by atoms with Crippen LogP contribution in [0.1, 0.15) is 30.4 Å². The third-order valence-electron chi connectivity index (χ3n) is 5.94. The van der Waals surface area contributed by atoms with Gasteiger partial charge in [0.1, 0.15) is 6.10 Å². The highest BCUT2D eigenvalue weighted by atomic mass is 16.5. The van der Waals surface area contributed by atoms with Crippen molar-refractivity contribution in [2.75, 3.05) is 13.2 Å². The molecule has 170 valence electrons. The number of pyridine rings is 2. The van der Waals surface area contributed by atoms with E-state index >= 15 is 0 Å². The Morgan fingerprint density at radius 2 is 1.97 bits per heavy atom. The van der Waals surface area contributed by atoms with Gasteiger partial charge in [0.25, 0.3) is 0 Å². The molecular formula is C26H28N4O3. The van der Waals surface area contributed by atoms with Crippen molar-refractivity contribution in [3.05, 3.63) is 78.2 Å². The van der Waals surface area contributed by atoms with Gasteiger partial charge in [0.15, 0.2) is 0 Å². The van der Waals surface area contributed by atoms with E-state index < -0.39 is 0 Å². The molecule has 2 aliphatic rings. The molecule has 0 spiro atoms. The summed E-state index contributed by atoms with van der Waals surface area (Å²) >= 11 is 0. The number of hydrogen-bond acceptors (Lipinski definition) is 5. The van der Waals surface area contributed by atoms with Crippen molar-refractivity contribution in [2.24, 2.45) is 0 Å². The van der Waals surface area contributed by atoms with Crippen molar-refractivity contribution in [1.82, 2.24) is 20.2 Å². The fraction of sp³-hybridized carbons (Fsp3) is 0.346. The lowest BCUT2D eigenvalue weighted by molar-refractivity contribution is 0.138. The first-order chi connectivity index (χ1) is 16.2. The lowest BCUT2D eigenvalue weighted by Crippen LogP contribution is -2.40. The Morgan fingerprint density at radius 3 is 2.76 bits per heavy atom. The number of rotatable bonds is 8. The number of carbonyl (C=O) groups excluding carboxylic acids is 1. The molecule has 0 radical (unpaired) electrons. The van der Waals surface area contributed by atoms with Crippen LogP contribution in [0.5, 0.6) is 5.88 Å². The van der Waals surface area contributed by atoms with Crippen molar-refractivity contribution >= 4 is 6.03 Å². The van der Waals surface area contributed by atoms with E-state index in [0.29, 0.717) is 31.6 Å². The van der Waals surface area contributed by atoms with Crippen LogP contribution in [-0.4, -0.2) is 46.3 Å². The van der Waals surface area contributed by atoms with E-state index in [0.717, 1.165) is 48.1 Å². The Morgan fingerprint density at radius 1 is 1.06 bits per heavy atom. The maximum atomic E-state index is 13.1. The number of benzene rings is 1. The summed E-state index contributed by atoms with van der Waals surface area (Å²) in [5, 5.41) is 3.08.